The normalized spacial score (nSPS) is 18.1. The van der Waals surface area contributed by atoms with Gasteiger partial charge in [0.15, 0.2) is 0 Å². The molecular weight excluding hydrogens is 589 g/mol. The number of imidazole rings is 1. The molecule has 0 fully saturated rings. The van der Waals surface area contributed by atoms with Crippen LogP contribution in [0.3, 0.4) is 0 Å². The molecule has 0 spiro atoms. The number of benzene rings is 2. The molecule has 2 atom stereocenters. The van der Waals surface area contributed by atoms with E-state index in [2.05, 4.69) is 25.7 Å². The van der Waals surface area contributed by atoms with Gasteiger partial charge in [0.25, 0.3) is 0 Å². The molecule has 0 bridgehead atoms. The first-order valence-electron chi connectivity index (χ1n) is 15.1. The molecule has 4 aromatic rings. The molecule has 2 unspecified atom stereocenters. The number of rotatable bonds is 11. The van der Waals surface area contributed by atoms with E-state index < -0.39 is 28.9 Å². The third-order valence-electron chi connectivity index (χ3n) is 8.53. The Morgan fingerprint density at radius 3 is 2.64 bits per heavy atom. The quantitative estimate of drug-likeness (QED) is 0.126. The Hall–Kier alpha value is -3.49. The van der Waals surface area contributed by atoms with Crippen LogP contribution in [0.2, 0.25) is 25.7 Å². The lowest BCUT2D eigenvalue weighted by atomic mass is 9.96. The fraction of sp³-hybridized carbons (Fsp3) is 0.412. The maximum absolute atomic E-state index is 14.3. The van der Waals surface area contributed by atoms with Crippen LogP contribution < -0.4 is 0 Å². The summed E-state index contributed by atoms with van der Waals surface area (Å²) in [4.78, 5) is 4.96. The number of nitriles is 1. The van der Waals surface area contributed by atoms with E-state index in [1.54, 1.807) is 32.4 Å². The monoisotopic (exact) mass is 630 g/mol. The highest BCUT2D eigenvalue weighted by atomic mass is 32.2. The Bertz CT molecular complexity index is 1920. The lowest BCUT2D eigenvalue weighted by molar-refractivity contribution is 0.0742. The van der Waals surface area contributed by atoms with Gasteiger partial charge in [-0.3, -0.25) is 0 Å². The Labute approximate surface area is 261 Å². The molecule has 8 nitrogen and oxygen atoms in total. The molecule has 0 aliphatic heterocycles. The molecule has 1 aliphatic rings. The van der Waals surface area contributed by atoms with Crippen LogP contribution in [0.1, 0.15) is 55.3 Å². The molecule has 5 rings (SSSR count). The third-order valence-corrected chi connectivity index (χ3v) is 12.5. The lowest BCUT2D eigenvalue weighted by Gasteiger charge is -2.29. The fourth-order valence-electron chi connectivity index (χ4n) is 5.87. The molecule has 2 aromatic carbocycles. The minimum Gasteiger partial charge on any atom is -0.369 e. The standard InChI is InChI=1S/C34H42N4O4SSi/c1-8-25-10-9-16-34(3,21-25)43(39,40)38-17-15-27-28(13-11-24(2)31(27)38)32(41-4)33-36-29-20-26(22-35)12-14-30(29)37(33)23-42-18-19-44(5,6)7/h9-15,17,20-21,32H,8,16,18-19,23H2,1-7H3. The smallest absolute Gasteiger partial charge is 0.248 e. The summed E-state index contributed by atoms with van der Waals surface area (Å²) >= 11 is 0. The highest BCUT2D eigenvalue weighted by molar-refractivity contribution is 7.91. The molecule has 232 valence electrons. The molecular formula is C34H42N4O4SSi. The van der Waals surface area contributed by atoms with Crippen molar-refractivity contribution in [2.45, 2.75) is 76.9 Å². The van der Waals surface area contributed by atoms with Gasteiger partial charge in [-0.15, -0.1) is 0 Å². The average molecular weight is 631 g/mol. The number of ether oxygens (including phenoxy) is 2. The third kappa shape index (κ3) is 5.82. The summed E-state index contributed by atoms with van der Waals surface area (Å²) < 4.78 is 43.2. The molecule has 0 saturated heterocycles. The number of hydrogen-bond donors (Lipinski definition) is 0. The van der Waals surface area contributed by atoms with Crippen LogP contribution in [-0.2, 0) is 26.2 Å². The van der Waals surface area contributed by atoms with Crippen molar-refractivity contribution in [1.29, 1.82) is 5.26 Å². The van der Waals surface area contributed by atoms with E-state index in [1.807, 2.05) is 60.9 Å². The maximum atomic E-state index is 14.3. The highest BCUT2D eigenvalue weighted by Crippen LogP contribution is 2.38. The molecule has 1 aliphatic carbocycles. The molecule has 0 amide bonds. The number of fused-ring (bicyclic) bond motifs is 2. The number of nitrogens with zero attached hydrogens (tertiary/aromatic N) is 4. The first kappa shape index (κ1) is 31.9. The van der Waals surface area contributed by atoms with Gasteiger partial charge >= 0.3 is 0 Å². The number of aryl methyl sites for hydroxylation is 1. The van der Waals surface area contributed by atoms with E-state index in [0.29, 0.717) is 35.4 Å². The van der Waals surface area contributed by atoms with E-state index in [0.717, 1.165) is 40.1 Å². The van der Waals surface area contributed by atoms with Gasteiger partial charge in [-0.05, 0) is 68.1 Å². The van der Waals surface area contributed by atoms with Crippen LogP contribution in [0.5, 0.6) is 0 Å². The van der Waals surface area contributed by atoms with E-state index in [-0.39, 0.29) is 6.73 Å². The second kappa shape index (κ2) is 12.1. The van der Waals surface area contributed by atoms with Crippen molar-refractivity contribution >= 4 is 40.0 Å². The number of hydrogen-bond acceptors (Lipinski definition) is 6. The summed E-state index contributed by atoms with van der Waals surface area (Å²) in [6.45, 7) is 13.6. The number of methoxy groups -OCH3 is 1. The summed E-state index contributed by atoms with van der Waals surface area (Å²) in [7, 11) is -3.46. The second-order valence-corrected chi connectivity index (χ2v) is 20.9. The van der Waals surface area contributed by atoms with E-state index in [9.17, 15) is 13.7 Å². The topological polar surface area (TPSA) is 99.1 Å². The Balaban J connectivity index is 1.63. The first-order chi connectivity index (χ1) is 20.8. The summed E-state index contributed by atoms with van der Waals surface area (Å²) in [6, 6.07) is 14.5. The zero-order valence-corrected chi connectivity index (χ0v) is 28.5. The largest absolute Gasteiger partial charge is 0.369 e. The van der Waals surface area contributed by atoms with E-state index in [1.165, 1.54) is 3.97 Å². The van der Waals surface area contributed by atoms with Gasteiger partial charge < -0.3 is 14.0 Å². The Kier molecular flexibility index (Phi) is 8.80. The fourth-order valence-corrected chi connectivity index (χ4v) is 8.39. The molecule has 44 heavy (non-hydrogen) atoms. The van der Waals surface area contributed by atoms with Gasteiger partial charge in [-0.25, -0.2) is 17.4 Å². The Morgan fingerprint density at radius 2 is 1.95 bits per heavy atom. The van der Waals surface area contributed by atoms with Crippen LogP contribution in [0.25, 0.3) is 21.9 Å². The Morgan fingerprint density at radius 1 is 1.18 bits per heavy atom. The minimum atomic E-state index is -3.81. The molecule has 10 heteroatoms. The van der Waals surface area contributed by atoms with E-state index in [4.69, 9.17) is 14.5 Å². The summed E-state index contributed by atoms with van der Waals surface area (Å²) in [5, 5.41) is 10.3. The minimum absolute atomic E-state index is 0.282. The van der Waals surface area contributed by atoms with Gasteiger partial charge in [0, 0.05) is 33.4 Å². The highest BCUT2D eigenvalue weighted by Gasteiger charge is 2.40. The second-order valence-electron chi connectivity index (χ2n) is 13.0. The summed E-state index contributed by atoms with van der Waals surface area (Å²) in [6.07, 6.45) is 8.08. The van der Waals surface area contributed by atoms with Gasteiger partial charge in [-0.1, -0.05) is 62.5 Å². The van der Waals surface area contributed by atoms with Crippen molar-refractivity contribution in [1.82, 2.24) is 13.5 Å². The number of allylic oxidation sites excluding steroid dienone is 3. The zero-order chi connectivity index (χ0) is 31.9. The SMILES string of the molecule is CCC1=CC(C)(S(=O)(=O)n2ccc3c(C(OC)c4nc5cc(C#N)ccc5n4COCC[Si](C)(C)C)ccc(C)c32)CC=C1. The average Bonchev–Trinajstić information content (AvgIpc) is 3.59. The lowest BCUT2D eigenvalue weighted by Crippen LogP contribution is -2.38. The number of aromatic nitrogens is 3. The molecule has 0 radical (unpaired) electrons. The molecule has 0 saturated carbocycles. The van der Waals surface area contributed by atoms with Crippen LogP contribution in [-0.4, -0.2) is 48.5 Å². The van der Waals surface area contributed by atoms with Crippen molar-refractivity contribution in [2.24, 2.45) is 0 Å². The van der Waals surface area contributed by atoms with Crippen LogP contribution >= 0.6 is 0 Å². The molecule has 0 N–H and O–H groups in total. The van der Waals surface area contributed by atoms with Crippen LogP contribution in [0.4, 0.5) is 0 Å². The predicted octanol–water partition coefficient (Wildman–Crippen LogP) is 7.45. The molecule has 2 aromatic heterocycles. The predicted molar refractivity (Wildman–Crippen MR) is 179 cm³/mol. The van der Waals surface area contributed by atoms with Crippen LogP contribution in [0.15, 0.2) is 66.4 Å². The summed E-state index contributed by atoms with van der Waals surface area (Å²) in [5.41, 5.74) is 5.34. The van der Waals surface area contributed by atoms with Crippen molar-refractivity contribution in [3.05, 3.63) is 88.9 Å². The van der Waals surface area contributed by atoms with Crippen molar-refractivity contribution in [2.75, 3.05) is 13.7 Å². The summed E-state index contributed by atoms with van der Waals surface area (Å²) in [5.74, 6) is 0.631. The molecule has 2 heterocycles. The van der Waals surface area contributed by atoms with Crippen LogP contribution in [0, 0.1) is 18.3 Å². The van der Waals surface area contributed by atoms with Crippen molar-refractivity contribution < 1.29 is 17.9 Å². The van der Waals surface area contributed by atoms with Crippen molar-refractivity contribution in [3.63, 3.8) is 0 Å². The van der Waals surface area contributed by atoms with Gasteiger partial charge in [-0.2, -0.15) is 5.26 Å². The maximum Gasteiger partial charge on any atom is 0.248 e. The van der Waals surface area contributed by atoms with Crippen molar-refractivity contribution in [3.8, 4) is 6.07 Å². The van der Waals surface area contributed by atoms with Gasteiger partial charge in [0.1, 0.15) is 23.4 Å². The first-order valence-corrected chi connectivity index (χ1v) is 20.2. The zero-order valence-electron chi connectivity index (χ0n) is 26.7. The van der Waals surface area contributed by atoms with Gasteiger partial charge in [0.2, 0.25) is 10.0 Å². The van der Waals surface area contributed by atoms with Gasteiger partial charge in [0.05, 0.1) is 28.2 Å². The van der Waals surface area contributed by atoms with E-state index >= 15 is 0 Å².